The Morgan fingerprint density at radius 2 is 2.20 bits per heavy atom. The molecule has 3 nitrogen and oxygen atoms in total. The van der Waals surface area contributed by atoms with Gasteiger partial charge in [0.05, 0.1) is 15.4 Å². The van der Waals surface area contributed by atoms with Crippen LogP contribution in [0, 0.1) is 11.3 Å². The molecular weight excluding hydrogens is 326 g/mol. The number of nitrogens with zero attached hydrogens (tertiary/aromatic N) is 1. The van der Waals surface area contributed by atoms with Crippen molar-refractivity contribution in [3.8, 4) is 11.8 Å². The van der Waals surface area contributed by atoms with Crippen molar-refractivity contribution >= 4 is 37.8 Å². The van der Waals surface area contributed by atoms with Crippen LogP contribution in [0.2, 0.25) is 0 Å². The van der Waals surface area contributed by atoms with E-state index >= 15 is 0 Å². The molecule has 15 heavy (non-hydrogen) atoms. The van der Waals surface area contributed by atoms with Crippen molar-refractivity contribution in [1.29, 1.82) is 5.26 Å². The molecule has 0 aliphatic carbocycles. The van der Waals surface area contributed by atoms with Gasteiger partial charge < -0.3 is 4.74 Å². The van der Waals surface area contributed by atoms with Crippen molar-refractivity contribution in [2.45, 2.75) is 10.7 Å². The number of nitriles is 1. The quantitative estimate of drug-likeness (QED) is 0.474. The van der Waals surface area contributed by atoms with Crippen molar-refractivity contribution in [3.63, 3.8) is 0 Å². The van der Waals surface area contributed by atoms with E-state index in [1.165, 1.54) is 13.0 Å². The standard InChI is InChI=1S/C10H7Br2NO2/c1-6(14)15-9-4-7(5-13)2-3-8(9)10(11)12/h2-4,10H,1H3. The van der Waals surface area contributed by atoms with Gasteiger partial charge in [-0.3, -0.25) is 4.79 Å². The number of hydrogen-bond acceptors (Lipinski definition) is 3. The Morgan fingerprint density at radius 1 is 1.53 bits per heavy atom. The Morgan fingerprint density at radius 3 is 2.67 bits per heavy atom. The minimum Gasteiger partial charge on any atom is -0.426 e. The van der Waals surface area contributed by atoms with Gasteiger partial charge in [0.25, 0.3) is 0 Å². The van der Waals surface area contributed by atoms with Crippen molar-refractivity contribution in [1.82, 2.24) is 0 Å². The monoisotopic (exact) mass is 331 g/mol. The van der Waals surface area contributed by atoms with Crippen LogP contribution in [0.3, 0.4) is 0 Å². The van der Waals surface area contributed by atoms with Gasteiger partial charge >= 0.3 is 5.97 Å². The molecule has 0 amide bonds. The average molecular weight is 333 g/mol. The topological polar surface area (TPSA) is 50.1 Å². The van der Waals surface area contributed by atoms with Crippen LogP contribution >= 0.6 is 31.9 Å². The number of hydrogen-bond donors (Lipinski definition) is 0. The predicted molar refractivity (Wildman–Crippen MR) is 63.1 cm³/mol. The van der Waals surface area contributed by atoms with Gasteiger partial charge in [0, 0.05) is 12.5 Å². The van der Waals surface area contributed by atoms with Crippen molar-refractivity contribution < 1.29 is 9.53 Å². The molecule has 0 unspecified atom stereocenters. The Hall–Kier alpha value is -0.860. The third-order valence-corrected chi connectivity index (χ3v) is 2.62. The highest BCUT2D eigenvalue weighted by atomic mass is 79.9. The summed E-state index contributed by atoms with van der Waals surface area (Å²) >= 11 is 6.62. The molecule has 0 radical (unpaired) electrons. The molecule has 0 aliphatic heterocycles. The van der Waals surface area contributed by atoms with E-state index in [9.17, 15) is 4.79 Å². The van der Waals surface area contributed by atoms with Crippen molar-refractivity contribution in [2.75, 3.05) is 0 Å². The number of esters is 1. The molecule has 1 aromatic carbocycles. The van der Waals surface area contributed by atoms with Gasteiger partial charge in [-0.05, 0) is 12.1 Å². The highest BCUT2D eigenvalue weighted by Gasteiger charge is 2.12. The lowest BCUT2D eigenvalue weighted by molar-refractivity contribution is -0.131. The van der Waals surface area contributed by atoms with E-state index < -0.39 is 5.97 Å². The minimum atomic E-state index is -0.410. The smallest absolute Gasteiger partial charge is 0.308 e. The summed E-state index contributed by atoms with van der Waals surface area (Å²) in [6.07, 6.45) is 0. The molecule has 1 aromatic rings. The number of rotatable bonds is 2. The number of benzene rings is 1. The molecule has 0 spiro atoms. The lowest BCUT2D eigenvalue weighted by Gasteiger charge is -2.09. The summed E-state index contributed by atoms with van der Waals surface area (Å²) in [4.78, 5) is 10.9. The predicted octanol–water partition coefficient (Wildman–Crippen LogP) is 3.27. The highest BCUT2D eigenvalue weighted by molar-refractivity contribution is 9.24. The summed E-state index contributed by atoms with van der Waals surface area (Å²) in [5.41, 5.74) is 1.22. The Labute approximate surface area is 104 Å². The van der Waals surface area contributed by atoms with E-state index in [2.05, 4.69) is 31.9 Å². The maximum Gasteiger partial charge on any atom is 0.308 e. The van der Waals surface area contributed by atoms with Gasteiger partial charge in [-0.25, -0.2) is 0 Å². The SMILES string of the molecule is CC(=O)Oc1cc(C#N)ccc1C(Br)Br. The van der Waals surface area contributed by atoms with Gasteiger partial charge in [-0.1, -0.05) is 37.9 Å². The van der Waals surface area contributed by atoms with E-state index in [0.717, 1.165) is 5.56 Å². The van der Waals surface area contributed by atoms with Crippen LogP contribution in [0.25, 0.3) is 0 Å². The molecule has 0 saturated carbocycles. The van der Waals surface area contributed by atoms with Crippen molar-refractivity contribution in [3.05, 3.63) is 29.3 Å². The first kappa shape index (κ1) is 12.2. The molecule has 0 heterocycles. The molecule has 1 rings (SSSR count). The summed E-state index contributed by atoms with van der Waals surface area (Å²) in [7, 11) is 0. The van der Waals surface area contributed by atoms with Gasteiger partial charge in [-0.15, -0.1) is 0 Å². The van der Waals surface area contributed by atoms with E-state index in [4.69, 9.17) is 10.00 Å². The average Bonchev–Trinajstić information content (AvgIpc) is 2.16. The molecule has 78 valence electrons. The Kier molecular flexibility index (Phi) is 4.30. The lowest BCUT2D eigenvalue weighted by atomic mass is 10.1. The third-order valence-electron chi connectivity index (χ3n) is 1.63. The zero-order valence-electron chi connectivity index (χ0n) is 7.83. The van der Waals surface area contributed by atoms with Crippen molar-refractivity contribution in [2.24, 2.45) is 0 Å². The minimum absolute atomic E-state index is 0.118. The second kappa shape index (κ2) is 5.29. The second-order valence-electron chi connectivity index (χ2n) is 2.76. The third kappa shape index (κ3) is 3.33. The first-order valence-corrected chi connectivity index (χ1v) is 5.88. The van der Waals surface area contributed by atoms with Gasteiger partial charge in [0.1, 0.15) is 5.75 Å². The number of halogens is 2. The Balaban J connectivity index is 3.17. The fourth-order valence-corrected chi connectivity index (χ4v) is 1.78. The molecule has 0 N–H and O–H groups in total. The zero-order valence-corrected chi connectivity index (χ0v) is 11.0. The summed E-state index contributed by atoms with van der Waals surface area (Å²) in [5.74, 6) is -0.0210. The van der Waals surface area contributed by atoms with Gasteiger partial charge in [-0.2, -0.15) is 5.26 Å². The Bertz CT molecular complexity index is 424. The first-order valence-electron chi connectivity index (χ1n) is 4.05. The van der Waals surface area contributed by atoms with E-state index in [1.54, 1.807) is 12.1 Å². The molecular formula is C10H7Br2NO2. The van der Waals surface area contributed by atoms with Crippen LogP contribution in [-0.4, -0.2) is 5.97 Å². The first-order chi connectivity index (χ1) is 7.04. The second-order valence-corrected chi connectivity index (χ2v) is 5.82. The maximum atomic E-state index is 10.9. The van der Waals surface area contributed by atoms with Gasteiger partial charge in [0.15, 0.2) is 0 Å². The van der Waals surface area contributed by atoms with Crippen LogP contribution < -0.4 is 4.74 Å². The van der Waals surface area contributed by atoms with Crippen LogP contribution in [0.1, 0.15) is 21.8 Å². The molecule has 0 fully saturated rings. The molecule has 0 atom stereocenters. The molecule has 0 saturated heterocycles. The van der Waals surface area contributed by atoms with Crippen LogP contribution in [0.5, 0.6) is 5.75 Å². The molecule has 0 aliphatic rings. The normalized spacial score (nSPS) is 9.80. The zero-order chi connectivity index (χ0) is 11.4. The van der Waals surface area contributed by atoms with Crippen LogP contribution in [0.15, 0.2) is 18.2 Å². The van der Waals surface area contributed by atoms with Crippen LogP contribution in [-0.2, 0) is 4.79 Å². The number of carbonyl (C=O) groups is 1. The maximum absolute atomic E-state index is 10.9. The summed E-state index contributed by atoms with van der Waals surface area (Å²) < 4.78 is 4.88. The number of alkyl halides is 2. The summed E-state index contributed by atoms with van der Waals surface area (Å²) in [6, 6.07) is 6.91. The molecule has 0 bridgehead atoms. The van der Waals surface area contributed by atoms with E-state index in [0.29, 0.717) is 11.3 Å². The highest BCUT2D eigenvalue weighted by Crippen LogP contribution is 2.36. The summed E-state index contributed by atoms with van der Waals surface area (Å²) in [6.45, 7) is 1.32. The fraction of sp³-hybridized carbons (Fsp3) is 0.200. The number of ether oxygens (including phenoxy) is 1. The van der Waals surface area contributed by atoms with E-state index in [1.807, 2.05) is 6.07 Å². The van der Waals surface area contributed by atoms with Crippen LogP contribution in [0.4, 0.5) is 0 Å². The summed E-state index contributed by atoms with van der Waals surface area (Å²) in [5, 5.41) is 8.71. The van der Waals surface area contributed by atoms with Gasteiger partial charge in [0.2, 0.25) is 0 Å². The largest absolute Gasteiger partial charge is 0.426 e. The van der Waals surface area contributed by atoms with E-state index in [-0.39, 0.29) is 3.74 Å². The number of carbonyl (C=O) groups excluding carboxylic acids is 1. The molecule has 0 aromatic heterocycles. The fourth-order valence-electron chi connectivity index (χ4n) is 1.03. The lowest BCUT2D eigenvalue weighted by Crippen LogP contribution is -2.04. The molecule has 5 heteroatoms.